The van der Waals surface area contributed by atoms with Crippen LogP contribution in [0.3, 0.4) is 0 Å². The molecule has 6 nitrogen and oxygen atoms in total. The summed E-state index contributed by atoms with van der Waals surface area (Å²) in [6.07, 6.45) is -0.889. The number of alkyl halides is 3. The molecule has 0 aliphatic heterocycles. The number of pyridine rings is 1. The maximum Gasteiger partial charge on any atom is 0.573 e. The van der Waals surface area contributed by atoms with Crippen molar-refractivity contribution in [3.63, 3.8) is 0 Å². The van der Waals surface area contributed by atoms with Gasteiger partial charge in [-0.05, 0) is 30.3 Å². The van der Waals surface area contributed by atoms with Crippen LogP contribution in [0.25, 0.3) is 16.9 Å². The van der Waals surface area contributed by atoms with E-state index in [9.17, 15) is 13.2 Å². The third kappa shape index (κ3) is 4.63. The molecule has 0 unspecified atom stereocenters. The van der Waals surface area contributed by atoms with E-state index in [1.165, 1.54) is 28.9 Å². The van der Waals surface area contributed by atoms with Crippen LogP contribution in [0.1, 0.15) is 5.69 Å². The number of fused-ring (bicyclic) bond motifs is 1. The molecule has 0 fully saturated rings. The molecule has 29 heavy (non-hydrogen) atoms. The number of imidazole rings is 1. The van der Waals surface area contributed by atoms with Crippen LogP contribution in [0.5, 0.6) is 11.6 Å². The van der Waals surface area contributed by atoms with E-state index in [2.05, 4.69) is 19.8 Å². The SMILES string of the molecule is FC(F)(F)Oc1cccc(-c2cnc3ccc(OCCc4ccccn4)nn23)c1. The van der Waals surface area contributed by atoms with E-state index in [-0.39, 0.29) is 5.75 Å². The smallest absolute Gasteiger partial charge is 0.476 e. The third-order valence-corrected chi connectivity index (χ3v) is 4.04. The van der Waals surface area contributed by atoms with E-state index < -0.39 is 6.36 Å². The van der Waals surface area contributed by atoms with E-state index >= 15 is 0 Å². The van der Waals surface area contributed by atoms with Crippen molar-refractivity contribution in [3.05, 3.63) is 72.7 Å². The Kier molecular flexibility index (Phi) is 5.03. The molecule has 4 aromatic rings. The molecule has 0 atom stereocenters. The third-order valence-electron chi connectivity index (χ3n) is 4.04. The van der Waals surface area contributed by atoms with E-state index in [0.717, 1.165) is 5.69 Å². The summed E-state index contributed by atoms with van der Waals surface area (Å²) in [5, 5.41) is 4.40. The second kappa shape index (κ2) is 7.78. The highest BCUT2D eigenvalue weighted by Gasteiger charge is 2.31. The molecule has 0 saturated carbocycles. The zero-order valence-electron chi connectivity index (χ0n) is 15.0. The minimum Gasteiger partial charge on any atom is -0.476 e. The maximum absolute atomic E-state index is 12.5. The lowest BCUT2D eigenvalue weighted by Crippen LogP contribution is -2.17. The Morgan fingerprint density at radius 2 is 1.86 bits per heavy atom. The van der Waals surface area contributed by atoms with Gasteiger partial charge in [0.05, 0.1) is 18.5 Å². The number of aromatic nitrogens is 4. The molecule has 0 aliphatic rings. The molecule has 0 N–H and O–H groups in total. The summed E-state index contributed by atoms with van der Waals surface area (Å²) in [6, 6.07) is 14.7. The zero-order valence-corrected chi connectivity index (χ0v) is 15.0. The first-order valence-corrected chi connectivity index (χ1v) is 8.72. The van der Waals surface area contributed by atoms with Gasteiger partial charge in [0.2, 0.25) is 5.88 Å². The average molecular weight is 400 g/mol. The van der Waals surface area contributed by atoms with Crippen LogP contribution in [-0.2, 0) is 6.42 Å². The second-order valence-electron chi connectivity index (χ2n) is 6.08. The molecule has 1 aromatic carbocycles. The van der Waals surface area contributed by atoms with Gasteiger partial charge in [0, 0.05) is 29.9 Å². The molecule has 0 spiro atoms. The van der Waals surface area contributed by atoms with Crippen molar-refractivity contribution in [1.29, 1.82) is 0 Å². The van der Waals surface area contributed by atoms with Gasteiger partial charge < -0.3 is 9.47 Å². The van der Waals surface area contributed by atoms with Gasteiger partial charge in [0.1, 0.15) is 5.75 Å². The van der Waals surface area contributed by atoms with Crippen LogP contribution < -0.4 is 9.47 Å². The standard InChI is InChI=1S/C20H15F3N4O2/c21-20(22,23)29-16-6-3-4-14(12-16)17-13-25-18-7-8-19(26-27(17)18)28-11-9-15-5-1-2-10-24-15/h1-8,10,12-13H,9,11H2. The highest BCUT2D eigenvalue weighted by Crippen LogP contribution is 2.28. The summed E-state index contributed by atoms with van der Waals surface area (Å²) in [5.41, 5.74) is 2.44. The molecule has 4 rings (SSSR count). The van der Waals surface area contributed by atoms with Gasteiger partial charge >= 0.3 is 6.36 Å². The van der Waals surface area contributed by atoms with Gasteiger partial charge in [-0.15, -0.1) is 18.3 Å². The Morgan fingerprint density at radius 3 is 2.66 bits per heavy atom. The topological polar surface area (TPSA) is 61.5 Å². The summed E-state index contributed by atoms with van der Waals surface area (Å²) < 4.78 is 48.7. The van der Waals surface area contributed by atoms with Crippen molar-refractivity contribution in [1.82, 2.24) is 19.6 Å². The van der Waals surface area contributed by atoms with Crippen LogP contribution in [0.15, 0.2) is 67.0 Å². The number of ether oxygens (including phenoxy) is 2. The minimum absolute atomic E-state index is 0.312. The number of halogens is 3. The molecule has 148 valence electrons. The Labute approximate surface area is 163 Å². The lowest BCUT2D eigenvalue weighted by atomic mass is 10.1. The van der Waals surface area contributed by atoms with E-state index in [4.69, 9.17) is 4.74 Å². The minimum atomic E-state index is -4.76. The Bertz CT molecular complexity index is 1110. The molecular formula is C20H15F3N4O2. The first-order chi connectivity index (χ1) is 14.0. The highest BCUT2D eigenvalue weighted by atomic mass is 19.4. The van der Waals surface area contributed by atoms with Gasteiger partial charge in [-0.3, -0.25) is 4.98 Å². The summed E-state index contributed by atoms with van der Waals surface area (Å²) in [6.45, 7) is 0.383. The molecule has 0 saturated heterocycles. The first kappa shape index (κ1) is 18.7. The molecule has 0 amide bonds. The summed E-state index contributed by atoms with van der Waals surface area (Å²) >= 11 is 0. The van der Waals surface area contributed by atoms with Gasteiger partial charge in [0.25, 0.3) is 0 Å². The Hall–Kier alpha value is -3.62. The van der Waals surface area contributed by atoms with Gasteiger partial charge in [-0.2, -0.15) is 0 Å². The number of rotatable bonds is 6. The number of hydrogen-bond donors (Lipinski definition) is 0. The largest absolute Gasteiger partial charge is 0.573 e. The molecule has 9 heteroatoms. The summed E-state index contributed by atoms with van der Waals surface area (Å²) in [5.74, 6) is 0.0584. The maximum atomic E-state index is 12.5. The zero-order chi connectivity index (χ0) is 20.3. The number of nitrogens with zero attached hydrogens (tertiary/aromatic N) is 4. The van der Waals surface area contributed by atoms with Gasteiger partial charge in [-0.25, -0.2) is 9.50 Å². The van der Waals surface area contributed by atoms with Crippen molar-refractivity contribution < 1.29 is 22.6 Å². The van der Waals surface area contributed by atoms with E-state index in [1.54, 1.807) is 24.4 Å². The van der Waals surface area contributed by atoms with Crippen molar-refractivity contribution in [2.24, 2.45) is 0 Å². The van der Waals surface area contributed by atoms with Crippen LogP contribution in [0.2, 0.25) is 0 Å². The molecule has 3 heterocycles. The second-order valence-corrected chi connectivity index (χ2v) is 6.08. The van der Waals surface area contributed by atoms with Crippen molar-refractivity contribution >= 4 is 5.65 Å². The average Bonchev–Trinajstić information content (AvgIpc) is 3.11. The van der Waals surface area contributed by atoms with Crippen LogP contribution in [-0.4, -0.2) is 32.6 Å². The lowest BCUT2D eigenvalue weighted by molar-refractivity contribution is -0.274. The van der Waals surface area contributed by atoms with E-state index in [0.29, 0.717) is 35.8 Å². The fraction of sp³-hybridized carbons (Fsp3) is 0.150. The predicted octanol–water partition coefficient (Wildman–Crippen LogP) is 4.31. The van der Waals surface area contributed by atoms with Crippen molar-refractivity contribution in [2.45, 2.75) is 12.8 Å². The predicted molar refractivity (Wildman–Crippen MR) is 98.5 cm³/mol. The van der Waals surface area contributed by atoms with Crippen LogP contribution in [0, 0.1) is 0 Å². The summed E-state index contributed by atoms with van der Waals surface area (Å²) in [7, 11) is 0. The van der Waals surface area contributed by atoms with Crippen LogP contribution >= 0.6 is 0 Å². The normalized spacial score (nSPS) is 11.6. The molecule has 3 aromatic heterocycles. The Morgan fingerprint density at radius 1 is 0.966 bits per heavy atom. The lowest BCUT2D eigenvalue weighted by Gasteiger charge is -2.10. The van der Waals surface area contributed by atoms with Gasteiger partial charge in [0.15, 0.2) is 5.65 Å². The molecule has 0 bridgehead atoms. The first-order valence-electron chi connectivity index (χ1n) is 8.72. The number of hydrogen-bond acceptors (Lipinski definition) is 5. The van der Waals surface area contributed by atoms with Crippen LogP contribution in [0.4, 0.5) is 13.2 Å². The monoisotopic (exact) mass is 400 g/mol. The van der Waals surface area contributed by atoms with Gasteiger partial charge in [-0.1, -0.05) is 18.2 Å². The quantitative estimate of drug-likeness (QED) is 0.483. The Balaban J connectivity index is 1.55. The fourth-order valence-corrected chi connectivity index (χ4v) is 2.79. The van der Waals surface area contributed by atoms with Crippen molar-refractivity contribution in [2.75, 3.05) is 6.61 Å². The molecule has 0 aliphatic carbocycles. The van der Waals surface area contributed by atoms with E-state index in [1.807, 2.05) is 18.2 Å². The molecular weight excluding hydrogens is 385 g/mol. The molecule has 0 radical (unpaired) electrons. The summed E-state index contributed by atoms with van der Waals surface area (Å²) in [4.78, 5) is 8.47. The number of benzene rings is 1. The highest BCUT2D eigenvalue weighted by molar-refractivity contribution is 5.64. The van der Waals surface area contributed by atoms with Crippen molar-refractivity contribution in [3.8, 4) is 22.9 Å². The fourth-order valence-electron chi connectivity index (χ4n) is 2.79.